The summed E-state index contributed by atoms with van der Waals surface area (Å²) in [6.45, 7) is 4.96. The molecule has 0 bridgehead atoms. The number of carbonyl (C=O) groups is 2. The van der Waals surface area contributed by atoms with Crippen LogP contribution in [0, 0.1) is 0 Å². The second-order valence-corrected chi connectivity index (χ2v) is 8.04. The van der Waals surface area contributed by atoms with E-state index >= 15 is 0 Å². The molecule has 2 heterocycles. The molecule has 2 N–H and O–H groups in total. The Morgan fingerprint density at radius 1 is 1.32 bits per heavy atom. The second-order valence-electron chi connectivity index (χ2n) is 6.52. The highest BCUT2D eigenvalue weighted by molar-refractivity contribution is 7.14. The van der Waals surface area contributed by atoms with Crippen molar-refractivity contribution >= 4 is 34.6 Å². The molecule has 0 radical (unpaired) electrons. The number of hydrogen-bond acceptors (Lipinski definition) is 5. The normalized spacial score (nSPS) is 21.2. The van der Waals surface area contributed by atoms with E-state index in [1.54, 1.807) is 43.5 Å². The highest BCUT2D eigenvalue weighted by Gasteiger charge is 2.44. The van der Waals surface area contributed by atoms with Crippen molar-refractivity contribution in [3.63, 3.8) is 0 Å². The average Bonchev–Trinajstić information content (AvgIpc) is 2.97. The molecule has 2 atom stereocenters. The van der Waals surface area contributed by atoms with Gasteiger partial charge in [0.1, 0.15) is 21.8 Å². The Labute approximate surface area is 154 Å². The van der Waals surface area contributed by atoms with Crippen molar-refractivity contribution in [1.82, 2.24) is 5.32 Å². The number of benzene rings is 1. The minimum atomic E-state index is -0.997. The predicted molar refractivity (Wildman–Crippen MR) is 96.7 cm³/mol. The molecule has 1 aromatic heterocycles. The van der Waals surface area contributed by atoms with Gasteiger partial charge in [0.2, 0.25) is 0 Å². The number of Topliss-reactive ketones (excluding diaryl/α,β-unsaturated/α-hetero) is 1. The number of rotatable bonds is 3. The number of ether oxygens (including phenoxy) is 1. The fraction of sp³-hybridized carbons (Fsp3) is 0.333. The fourth-order valence-electron chi connectivity index (χ4n) is 2.85. The summed E-state index contributed by atoms with van der Waals surface area (Å²) < 4.78 is 6.24. The maximum atomic E-state index is 12.6. The number of ketones is 1. The van der Waals surface area contributed by atoms with Crippen LogP contribution in [0.5, 0.6) is 5.75 Å². The van der Waals surface area contributed by atoms with Gasteiger partial charge in [0, 0.05) is 11.1 Å². The van der Waals surface area contributed by atoms with Crippen LogP contribution in [-0.2, 0) is 0 Å². The standard InChI is InChI=1S/C18H18ClNO4S/c1-9(21)10-4-5-13-12(8-10)14(15(22)18(2,3)24-13)20-17(23)11-6-7-25-16(11)19/h4-8,14-15,22H,1-3H3,(H,20,23)/t14-,15+/m0/s1. The van der Waals surface area contributed by atoms with Crippen LogP contribution in [0.2, 0.25) is 4.34 Å². The number of amides is 1. The Balaban J connectivity index is 2.02. The van der Waals surface area contributed by atoms with Crippen LogP contribution in [-0.4, -0.2) is 28.5 Å². The van der Waals surface area contributed by atoms with Crippen molar-refractivity contribution in [2.24, 2.45) is 0 Å². The first-order valence-corrected chi connectivity index (χ1v) is 9.02. The number of aliphatic hydroxyl groups is 1. The van der Waals surface area contributed by atoms with Crippen LogP contribution in [0.25, 0.3) is 0 Å². The number of halogens is 1. The molecule has 0 spiro atoms. The van der Waals surface area contributed by atoms with Crippen LogP contribution < -0.4 is 10.1 Å². The zero-order chi connectivity index (χ0) is 18.4. The van der Waals surface area contributed by atoms with E-state index in [4.69, 9.17) is 16.3 Å². The first-order chi connectivity index (χ1) is 11.7. The third-order valence-corrected chi connectivity index (χ3v) is 5.47. The lowest BCUT2D eigenvalue weighted by molar-refractivity contribution is -0.0627. The van der Waals surface area contributed by atoms with E-state index in [9.17, 15) is 14.7 Å². The molecule has 3 rings (SSSR count). The summed E-state index contributed by atoms with van der Waals surface area (Å²) in [5, 5.41) is 15.3. The number of aliphatic hydroxyl groups excluding tert-OH is 1. The van der Waals surface area contributed by atoms with E-state index in [2.05, 4.69) is 5.32 Å². The summed E-state index contributed by atoms with van der Waals surface area (Å²) in [7, 11) is 0. The minimum Gasteiger partial charge on any atom is -0.485 e. The second kappa shape index (κ2) is 6.44. The van der Waals surface area contributed by atoms with Gasteiger partial charge in [-0.15, -0.1) is 11.3 Å². The van der Waals surface area contributed by atoms with Crippen LogP contribution >= 0.6 is 22.9 Å². The zero-order valence-electron chi connectivity index (χ0n) is 14.0. The average molecular weight is 380 g/mol. The molecule has 5 nitrogen and oxygen atoms in total. The summed E-state index contributed by atoms with van der Waals surface area (Å²) in [6, 6.07) is 5.92. The monoisotopic (exact) mass is 379 g/mol. The highest BCUT2D eigenvalue weighted by atomic mass is 35.5. The number of thiophene rings is 1. The Morgan fingerprint density at radius 2 is 2.04 bits per heavy atom. The van der Waals surface area contributed by atoms with Gasteiger partial charge < -0.3 is 15.2 Å². The largest absolute Gasteiger partial charge is 0.485 e. The predicted octanol–water partition coefficient (Wildman–Crippen LogP) is 3.61. The summed E-state index contributed by atoms with van der Waals surface area (Å²) in [5.74, 6) is 0.0438. The molecule has 1 aromatic carbocycles. The van der Waals surface area contributed by atoms with E-state index in [1.165, 1.54) is 18.3 Å². The molecule has 2 aromatic rings. The lowest BCUT2D eigenvalue weighted by atomic mass is 9.85. The van der Waals surface area contributed by atoms with Crippen molar-refractivity contribution in [2.75, 3.05) is 0 Å². The van der Waals surface area contributed by atoms with Gasteiger partial charge in [-0.05, 0) is 50.4 Å². The molecule has 1 amide bonds. The van der Waals surface area contributed by atoms with Crippen LogP contribution in [0.1, 0.15) is 53.1 Å². The number of hydrogen-bond donors (Lipinski definition) is 2. The molecule has 25 heavy (non-hydrogen) atoms. The van der Waals surface area contributed by atoms with E-state index < -0.39 is 17.7 Å². The summed E-state index contributed by atoms with van der Waals surface area (Å²) in [5.41, 5.74) is 0.509. The van der Waals surface area contributed by atoms with Gasteiger partial charge in [-0.1, -0.05) is 11.6 Å². The maximum Gasteiger partial charge on any atom is 0.254 e. The lowest BCUT2D eigenvalue weighted by Crippen LogP contribution is -2.53. The van der Waals surface area contributed by atoms with E-state index in [-0.39, 0.29) is 11.7 Å². The molecule has 1 aliphatic heterocycles. The maximum absolute atomic E-state index is 12.6. The summed E-state index contributed by atoms with van der Waals surface area (Å²) in [4.78, 5) is 24.3. The number of fused-ring (bicyclic) bond motifs is 1. The Bertz CT molecular complexity index is 845. The van der Waals surface area contributed by atoms with E-state index in [0.29, 0.717) is 26.8 Å². The van der Waals surface area contributed by atoms with Crippen molar-refractivity contribution in [2.45, 2.75) is 38.5 Å². The van der Waals surface area contributed by atoms with Crippen molar-refractivity contribution in [1.29, 1.82) is 0 Å². The first kappa shape index (κ1) is 17.9. The van der Waals surface area contributed by atoms with Crippen molar-refractivity contribution in [3.05, 3.63) is 50.7 Å². The third-order valence-electron chi connectivity index (χ3n) is 4.30. The van der Waals surface area contributed by atoms with Gasteiger partial charge >= 0.3 is 0 Å². The van der Waals surface area contributed by atoms with Crippen molar-refractivity contribution < 1.29 is 19.4 Å². The van der Waals surface area contributed by atoms with Crippen LogP contribution in [0.3, 0.4) is 0 Å². The Kier molecular flexibility index (Phi) is 4.62. The molecule has 0 saturated carbocycles. The van der Waals surface area contributed by atoms with E-state index in [0.717, 1.165) is 0 Å². The van der Waals surface area contributed by atoms with Gasteiger partial charge in [-0.2, -0.15) is 0 Å². The topological polar surface area (TPSA) is 75.6 Å². The Morgan fingerprint density at radius 3 is 2.64 bits per heavy atom. The number of carbonyl (C=O) groups excluding carboxylic acids is 2. The molecule has 0 aliphatic carbocycles. The molecule has 0 saturated heterocycles. The summed E-state index contributed by atoms with van der Waals surface area (Å²) in [6.07, 6.45) is -0.997. The van der Waals surface area contributed by atoms with Crippen LogP contribution in [0.4, 0.5) is 0 Å². The smallest absolute Gasteiger partial charge is 0.254 e. The minimum absolute atomic E-state index is 0.104. The van der Waals surface area contributed by atoms with Gasteiger partial charge in [-0.3, -0.25) is 9.59 Å². The zero-order valence-corrected chi connectivity index (χ0v) is 15.6. The van der Waals surface area contributed by atoms with Crippen molar-refractivity contribution in [3.8, 4) is 5.75 Å². The molecule has 132 valence electrons. The van der Waals surface area contributed by atoms with Gasteiger partial charge in [-0.25, -0.2) is 0 Å². The number of nitrogens with one attached hydrogen (secondary N) is 1. The Hall–Kier alpha value is -1.89. The lowest BCUT2D eigenvalue weighted by Gasteiger charge is -2.42. The third kappa shape index (κ3) is 3.29. The fourth-order valence-corrected chi connectivity index (χ4v) is 3.76. The van der Waals surface area contributed by atoms with Gasteiger partial charge in [0.05, 0.1) is 11.6 Å². The quantitative estimate of drug-likeness (QED) is 0.799. The van der Waals surface area contributed by atoms with Gasteiger partial charge in [0.25, 0.3) is 5.91 Å². The highest BCUT2D eigenvalue weighted by Crippen LogP contribution is 2.40. The first-order valence-electron chi connectivity index (χ1n) is 7.76. The molecule has 7 heteroatoms. The molecule has 1 aliphatic rings. The van der Waals surface area contributed by atoms with E-state index in [1.807, 2.05) is 0 Å². The SMILES string of the molecule is CC(=O)c1ccc2c(c1)[C@H](NC(=O)c1ccsc1Cl)[C@@H](O)C(C)(C)O2. The summed E-state index contributed by atoms with van der Waals surface area (Å²) >= 11 is 7.30. The molecular formula is C18H18ClNO4S. The molecule has 0 fully saturated rings. The molecular weight excluding hydrogens is 362 g/mol. The van der Waals surface area contributed by atoms with Gasteiger partial charge in [0.15, 0.2) is 5.78 Å². The van der Waals surface area contributed by atoms with Crippen LogP contribution in [0.15, 0.2) is 29.6 Å². The molecule has 0 unspecified atom stereocenters.